The molecule has 1 rings (SSSR count). The van der Waals surface area contributed by atoms with Crippen LogP contribution in [0.25, 0.3) is 0 Å². The van der Waals surface area contributed by atoms with Crippen LogP contribution in [0.5, 0.6) is 5.75 Å². The largest absolute Gasteiger partial charge is 0.497 e. The number of rotatable bonds is 7. The van der Waals surface area contributed by atoms with E-state index in [9.17, 15) is 17.6 Å². The van der Waals surface area contributed by atoms with Crippen LogP contribution in [0.2, 0.25) is 0 Å². The van der Waals surface area contributed by atoms with Gasteiger partial charge >= 0.3 is 5.97 Å². The van der Waals surface area contributed by atoms with E-state index in [1.54, 1.807) is 20.8 Å². The smallest absolute Gasteiger partial charge is 0.324 e. The first-order valence-corrected chi connectivity index (χ1v) is 8.52. The third kappa shape index (κ3) is 6.15. The summed E-state index contributed by atoms with van der Waals surface area (Å²) < 4.78 is 49.5. The monoisotopic (exact) mass is 347 g/mol. The molecule has 23 heavy (non-hydrogen) atoms. The van der Waals surface area contributed by atoms with Gasteiger partial charge in [-0.1, -0.05) is 0 Å². The normalized spacial score (nSPS) is 13.4. The predicted molar refractivity (Wildman–Crippen MR) is 83.5 cm³/mol. The fraction of sp³-hybridized carbons (Fsp3) is 0.533. The van der Waals surface area contributed by atoms with Crippen molar-refractivity contribution < 1.29 is 27.1 Å². The van der Waals surface area contributed by atoms with Crippen LogP contribution >= 0.6 is 0 Å². The topological polar surface area (TPSA) is 81.7 Å². The summed E-state index contributed by atoms with van der Waals surface area (Å²) in [4.78, 5) is 12.0. The number of benzene rings is 1. The average Bonchev–Trinajstić information content (AvgIpc) is 2.45. The van der Waals surface area contributed by atoms with Crippen molar-refractivity contribution in [2.45, 2.75) is 43.7 Å². The zero-order valence-corrected chi connectivity index (χ0v) is 14.4. The number of nitrogens with one attached hydrogen (secondary N) is 1. The molecule has 0 aliphatic carbocycles. The van der Waals surface area contributed by atoms with Crippen molar-refractivity contribution in [2.24, 2.45) is 0 Å². The number of alkyl halides is 1. The lowest BCUT2D eigenvalue weighted by molar-refractivity contribution is -0.157. The molecule has 0 aliphatic heterocycles. The van der Waals surface area contributed by atoms with Crippen LogP contribution < -0.4 is 9.46 Å². The first kappa shape index (κ1) is 19.4. The Hall–Kier alpha value is -1.67. The minimum Gasteiger partial charge on any atom is -0.497 e. The van der Waals surface area contributed by atoms with Crippen molar-refractivity contribution in [1.29, 1.82) is 0 Å². The molecule has 1 aromatic rings. The molecule has 0 saturated heterocycles. The van der Waals surface area contributed by atoms with Gasteiger partial charge in [0.1, 0.15) is 17.4 Å². The van der Waals surface area contributed by atoms with Gasteiger partial charge in [-0.25, -0.2) is 8.42 Å². The van der Waals surface area contributed by atoms with E-state index < -0.39 is 34.3 Å². The third-order valence-corrected chi connectivity index (χ3v) is 4.24. The van der Waals surface area contributed by atoms with E-state index in [1.807, 2.05) is 0 Å². The molecule has 130 valence electrons. The van der Waals surface area contributed by atoms with E-state index in [4.69, 9.17) is 9.47 Å². The number of methoxy groups -OCH3 is 1. The van der Waals surface area contributed by atoms with E-state index in [0.717, 1.165) is 0 Å². The number of halogens is 1. The number of esters is 1. The van der Waals surface area contributed by atoms with Crippen LogP contribution in [0, 0.1) is 0 Å². The van der Waals surface area contributed by atoms with E-state index in [0.29, 0.717) is 5.75 Å². The van der Waals surface area contributed by atoms with Crippen molar-refractivity contribution in [2.75, 3.05) is 13.8 Å². The Bertz CT molecular complexity index is 622. The molecule has 8 heteroatoms. The number of carbonyl (C=O) groups excluding carboxylic acids is 1. The first-order chi connectivity index (χ1) is 10.6. The fourth-order valence-electron chi connectivity index (χ4n) is 1.72. The number of ether oxygens (including phenoxy) is 2. The Morgan fingerprint density at radius 2 is 1.83 bits per heavy atom. The molecule has 0 radical (unpaired) electrons. The summed E-state index contributed by atoms with van der Waals surface area (Å²) in [7, 11) is -2.52. The molecule has 0 spiro atoms. The highest BCUT2D eigenvalue weighted by molar-refractivity contribution is 7.89. The molecule has 0 saturated carbocycles. The average molecular weight is 347 g/mol. The molecule has 0 bridgehead atoms. The summed E-state index contributed by atoms with van der Waals surface area (Å²) in [6.45, 7) is 4.09. The highest BCUT2D eigenvalue weighted by Crippen LogP contribution is 2.17. The molecule has 0 aromatic heterocycles. The second-order valence-electron chi connectivity index (χ2n) is 5.86. The Morgan fingerprint density at radius 1 is 1.26 bits per heavy atom. The quantitative estimate of drug-likeness (QED) is 0.764. The van der Waals surface area contributed by atoms with Gasteiger partial charge in [-0.2, -0.15) is 4.72 Å². The van der Waals surface area contributed by atoms with Gasteiger partial charge in [-0.15, -0.1) is 0 Å². The highest BCUT2D eigenvalue weighted by atomic mass is 32.2. The van der Waals surface area contributed by atoms with Crippen LogP contribution in [0.3, 0.4) is 0 Å². The van der Waals surface area contributed by atoms with Crippen molar-refractivity contribution in [3.63, 3.8) is 0 Å². The van der Waals surface area contributed by atoms with Gasteiger partial charge < -0.3 is 9.47 Å². The lowest BCUT2D eigenvalue weighted by Crippen LogP contribution is -2.44. The van der Waals surface area contributed by atoms with Crippen LogP contribution in [0.4, 0.5) is 4.39 Å². The standard InChI is InChI=1S/C15H22FNO5S/c1-15(2,3)22-14(18)13(9-10-16)17-23(19,20)12-7-5-11(21-4)6-8-12/h5-8,13,17H,9-10H2,1-4H3/t13-/m0/s1. The second kappa shape index (κ2) is 7.74. The molecule has 1 atom stereocenters. The molecule has 6 nitrogen and oxygen atoms in total. The maximum absolute atomic E-state index is 12.7. The second-order valence-corrected chi connectivity index (χ2v) is 7.57. The van der Waals surface area contributed by atoms with Gasteiger partial charge in [0.05, 0.1) is 18.7 Å². The fourth-order valence-corrected chi connectivity index (χ4v) is 2.94. The molecule has 0 fully saturated rings. The number of sulfonamides is 1. The summed E-state index contributed by atoms with van der Waals surface area (Å²) in [5.74, 6) is -0.316. The Balaban J connectivity index is 2.94. The van der Waals surface area contributed by atoms with Crippen molar-refractivity contribution in [3.05, 3.63) is 24.3 Å². The molecule has 1 N–H and O–H groups in total. The Kier molecular flexibility index (Phi) is 6.52. The minimum atomic E-state index is -3.98. The van der Waals surface area contributed by atoms with Crippen LogP contribution in [-0.4, -0.2) is 39.8 Å². The van der Waals surface area contributed by atoms with Gasteiger partial charge in [-0.05, 0) is 45.0 Å². The van der Waals surface area contributed by atoms with Crippen LogP contribution in [0.15, 0.2) is 29.2 Å². The molecular weight excluding hydrogens is 325 g/mol. The van der Waals surface area contributed by atoms with Gasteiger partial charge in [0.25, 0.3) is 0 Å². The lowest BCUT2D eigenvalue weighted by Gasteiger charge is -2.24. The summed E-state index contributed by atoms with van der Waals surface area (Å²) in [5.41, 5.74) is -0.794. The van der Waals surface area contributed by atoms with Crippen LogP contribution in [0.1, 0.15) is 27.2 Å². The van der Waals surface area contributed by atoms with E-state index in [-0.39, 0.29) is 11.3 Å². The Morgan fingerprint density at radius 3 is 2.26 bits per heavy atom. The molecule has 0 heterocycles. The summed E-state index contributed by atoms with van der Waals surface area (Å²) in [6.07, 6.45) is -0.301. The van der Waals surface area contributed by atoms with Gasteiger partial charge in [-0.3, -0.25) is 9.18 Å². The van der Waals surface area contributed by atoms with Gasteiger partial charge in [0, 0.05) is 6.42 Å². The van der Waals surface area contributed by atoms with Gasteiger partial charge in [0.2, 0.25) is 10.0 Å². The van der Waals surface area contributed by atoms with E-state index in [1.165, 1.54) is 31.4 Å². The maximum atomic E-state index is 12.7. The molecule has 0 amide bonds. The maximum Gasteiger partial charge on any atom is 0.324 e. The first-order valence-electron chi connectivity index (χ1n) is 7.04. The van der Waals surface area contributed by atoms with Crippen molar-refractivity contribution in [3.8, 4) is 5.75 Å². The van der Waals surface area contributed by atoms with E-state index in [2.05, 4.69) is 4.72 Å². The summed E-state index contributed by atoms with van der Waals surface area (Å²) >= 11 is 0. The number of hydrogen-bond acceptors (Lipinski definition) is 5. The minimum absolute atomic E-state index is 0.0503. The molecule has 1 aromatic carbocycles. The third-order valence-electron chi connectivity index (χ3n) is 2.76. The number of hydrogen-bond donors (Lipinski definition) is 1. The zero-order chi connectivity index (χ0) is 17.7. The molecular formula is C15H22FNO5S. The summed E-state index contributed by atoms with van der Waals surface area (Å²) in [6, 6.07) is 4.34. The molecule has 0 aliphatic rings. The summed E-state index contributed by atoms with van der Waals surface area (Å²) in [5, 5.41) is 0. The van der Waals surface area contributed by atoms with E-state index >= 15 is 0 Å². The predicted octanol–water partition coefficient (Wildman–Crippen LogP) is 2.04. The van der Waals surface area contributed by atoms with Gasteiger partial charge in [0.15, 0.2) is 0 Å². The zero-order valence-electron chi connectivity index (χ0n) is 13.6. The van der Waals surface area contributed by atoms with Crippen molar-refractivity contribution >= 4 is 16.0 Å². The Labute approximate surface area is 136 Å². The van der Waals surface area contributed by atoms with Crippen LogP contribution in [-0.2, 0) is 19.6 Å². The number of carbonyl (C=O) groups is 1. The molecule has 0 unspecified atom stereocenters. The SMILES string of the molecule is COc1ccc(S(=O)(=O)N[C@@H](CCF)C(=O)OC(C)(C)C)cc1. The highest BCUT2D eigenvalue weighted by Gasteiger charge is 2.29. The van der Waals surface area contributed by atoms with Crippen molar-refractivity contribution in [1.82, 2.24) is 4.72 Å². The lowest BCUT2D eigenvalue weighted by atomic mass is 10.2.